The second-order valence-electron chi connectivity index (χ2n) is 5.65. The predicted octanol–water partition coefficient (Wildman–Crippen LogP) is 1.33. The Morgan fingerprint density at radius 1 is 1.05 bits per heavy atom. The lowest BCUT2D eigenvalue weighted by molar-refractivity contribution is -0.150. The average molecular weight is 268 g/mol. The number of rotatable bonds is 3. The van der Waals surface area contributed by atoms with Crippen LogP contribution in [0.25, 0.3) is 0 Å². The first-order valence-corrected chi connectivity index (χ1v) is 7.38. The fraction of sp³-hybridized carbons (Fsp3) is 0.857. The monoisotopic (exact) mass is 268 g/mol. The van der Waals surface area contributed by atoms with E-state index in [-0.39, 0.29) is 11.9 Å². The number of nitrogens with zero attached hydrogens (tertiary/aromatic N) is 2. The van der Waals surface area contributed by atoms with Gasteiger partial charge in [-0.2, -0.15) is 0 Å². The van der Waals surface area contributed by atoms with Crippen LogP contribution in [0.2, 0.25) is 0 Å². The number of likely N-dealkylation sites (tertiary alicyclic amines) is 2. The molecule has 19 heavy (non-hydrogen) atoms. The minimum absolute atomic E-state index is 0.00759. The molecule has 0 aliphatic carbocycles. The van der Waals surface area contributed by atoms with E-state index in [1.807, 2.05) is 6.92 Å². The van der Waals surface area contributed by atoms with Crippen LogP contribution < -0.4 is 0 Å². The minimum Gasteiger partial charge on any atom is -0.480 e. The molecular formula is C14H24N2O3. The Balaban J connectivity index is 1.99. The third-order valence-corrected chi connectivity index (χ3v) is 4.37. The van der Waals surface area contributed by atoms with Gasteiger partial charge in [-0.15, -0.1) is 0 Å². The van der Waals surface area contributed by atoms with Gasteiger partial charge in [-0.1, -0.05) is 12.8 Å². The molecule has 5 heteroatoms. The van der Waals surface area contributed by atoms with Crippen molar-refractivity contribution in [1.29, 1.82) is 0 Å². The summed E-state index contributed by atoms with van der Waals surface area (Å²) in [4.78, 5) is 27.4. The number of aliphatic carboxylic acids is 1. The fourth-order valence-corrected chi connectivity index (χ4v) is 3.17. The van der Waals surface area contributed by atoms with Crippen LogP contribution >= 0.6 is 0 Å². The van der Waals surface area contributed by atoms with E-state index in [0.29, 0.717) is 13.0 Å². The highest BCUT2D eigenvalue weighted by atomic mass is 16.4. The van der Waals surface area contributed by atoms with E-state index in [1.165, 1.54) is 12.8 Å². The molecule has 2 atom stereocenters. The number of carboxylic acids is 1. The zero-order chi connectivity index (χ0) is 13.8. The standard InChI is InChI=1S/C14H24N2O3/c1-11(15-8-4-2-3-5-9-15)13(17)16-10-6-7-12(16)14(18)19/h11-12H,2-10H2,1H3,(H,18,19). The van der Waals surface area contributed by atoms with Crippen LogP contribution in [0.1, 0.15) is 45.4 Å². The highest BCUT2D eigenvalue weighted by molar-refractivity contribution is 5.87. The normalized spacial score (nSPS) is 27.0. The number of carboxylic acid groups (broad SMARTS) is 1. The summed E-state index contributed by atoms with van der Waals surface area (Å²) >= 11 is 0. The molecular weight excluding hydrogens is 244 g/mol. The lowest BCUT2D eigenvalue weighted by atomic mass is 10.2. The maximum absolute atomic E-state index is 12.5. The van der Waals surface area contributed by atoms with Crippen molar-refractivity contribution in [1.82, 2.24) is 9.80 Å². The smallest absolute Gasteiger partial charge is 0.326 e. The van der Waals surface area contributed by atoms with Crippen molar-refractivity contribution in [3.8, 4) is 0 Å². The van der Waals surface area contributed by atoms with Gasteiger partial charge in [-0.3, -0.25) is 9.69 Å². The number of hydrogen-bond acceptors (Lipinski definition) is 3. The van der Waals surface area contributed by atoms with Crippen LogP contribution in [-0.2, 0) is 9.59 Å². The van der Waals surface area contributed by atoms with Gasteiger partial charge in [0.15, 0.2) is 0 Å². The van der Waals surface area contributed by atoms with Crippen molar-refractivity contribution in [2.24, 2.45) is 0 Å². The highest BCUT2D eigenvalue weighted by Crippen LogP contribution is 2.21. The van der Waals surface area contributed by atoms with Crippen molar-refractivity contribution < 1.29 is 14.7 Å². The predicted molar refractivity (Wildman–Crippen MR) is 71.9 cm³/mol. The van der Waals surface area contributed by atoms with Crippen molar-refractivity contribution in [2.75, 3.05) is 19.6 Å². The fourth-order valence-electron chi connectivity index (χ4n) is 3.17. The minimum atomic E-state index is -0.867. The molecule has 2 heterocycles. The van der Waals surface area contributed by atoms with E-state index in [0.717, 1.165) is 32.4 Å². The largest absolute Gasteiger partial charge is 0.480 e. The second kappa shape index (κ2) is 6.37. The molecule has 2 rings (SSSR count). The molecule has 2 unspecified atom stereocenters. The van der Waals surface area contributed by atoms with E-state index < -0.39 is 12.0 Å². The highest BCUT2D eigenvalue weighted by Gasteiger charge is 2.37. The summed E-state index contributed by atoms with van der Waals surface area (Å²) in [5.74, 6) is -0.874. The van der Waals surface area contributed by atoms with Gasteiger partial charge in [0.25, 0.3) is 0 Å². The van der Waals surface area contributed by atoms with Crippen molar-refractivity contribution >= 4 is 11.9 Å². The number of carbonyl (C=O) groups excluding carboxylic acids is 1. The first kappa shape index (κ1) is 14.3. The molecule has 2 aliphatic rings. The van der Waals surface area contributed by atoms with Crippen LogP contribution in [0.5, 0.6) is 0 Å². The van der Waals surface area contributed by atoms with Crippen LogP contribution in [0.4, 0.5) is 0 Å². The molecule has 2 aliphatic heterocycles. The lowest BCUT2D eigenvalue weighted by Gasteiger charge is -2.31. The lowest BCUT2D eigenvalue weighted by Crippen LogP contribution is -2.50. The quantitative estimate of drug-likeness (QED) is 0.839. The summed E-state index contributed by atoms with van der Waals surface area (Å²) in [6.07, 6.45) is 6.14. The molecule has 0 radical (unpaired) electrons. The van der Waals surface area contributed by atoms with Crippen LogP contribution in [0.15, 0.2) is 0 Å². The van der Waals surface area contributed by atoms with Crippen LogP contribution in [0, 0.1) is 0 Å². The number of carbonyl (C=O) groups is 2. The van der Waals surface area contributed by atoms with Crippen molar-refractivity contribution in [3.05, 3.63) is 0 Å². The molecule has 2 fully saturated rings. The van der Waals surface area contributed by atoms with Gasteiger partial charge in [-0.25, -0.2) is 4.79 Å². The van der Waals surface area contributed by atoms with Gasteiger partial charge in [0.2, 0.25) is 5.91 Å². The third-order valence-electron chi connectivity index (χ3n) is 4.37. The maximum atomic E-state index is 12.5. The number of hydrogen-bond donors (Lipinski definition) is 1. The third kappa shape index (κ3) is 3.26. The van der Waals surface area contributed by atoms with Crippen LogP contribution in [-0.4, -0.2) is 58.5 Å². The van der Waals surface area contributed by atoms with E-state index in [9.17, 15) is 9.59 Å². The van der Waals surface area contributed by atoms with Gasteiger partial charge < -0.3 is 10.0 Å². The first-order chi connectivity index (χ1) is 9.11. The zero-order valence-corrected chi connectivity index (χ0v) is 11.7. The summed E-state index contributed by atoms with van der Waals surface area (Å²) in [6.45, 7) is 4.43. The van der Waals surface area contributed by atoms with Gasteiger partial charge in [-0.05, 0) is 45.7 Å². The first-order valence-electron chi connectivity index (χ1n) is 7.38. The SMILES string of the molecule is CC(C(=O)N1CCCC1C(=O)O)N1CCCCCC1. The maximum Gasteiger partial charge on any atom is 0.326 e. The van der Waals surface area contributed by atoms with Gasteiger partial charge in [0.05, 0.1) is 6.04 Å². The number of amides is 1. The van der Waals surface area contributed by atoms with Gasteiger partial charge in [0, 0.05) is 6.54 Å². The second-order valence-corrected chi connectivity index (χ2v) is 5.65. The van der Waals surface area contributed by atoms with Crippen LogP contribution in [0.3, 0.4) is 0 Å². The van der Waals surface area contributed by atoms with Gasteiger partial charge >= 0.3 is 5.97 Å². The van der Waals surface area contributed by atoms with E-state index in [2.05, 4.69) is 4.90 Å². The Kier molecular flexibility index (Phi) is 4.80. The Morgan fingerprint density at radius 2 is 1.68 bits per heavy atom. The molecule has 0 saturated carbocycles. The zero-order valence-electron chi connectivity index (χ0n) is 11.7. The molecule has 0 aromatic heterocycles. The molecule has 1 amide bonds. The topological polar surface area (TPSA) is 60.9 Å². The Hall–Kier alpha value is -1.10. The molecule has 0 bridgehead atoms. The molecule has 0 aromatic carbocycles. The van der Waals surface area contributed by atoms with E-state index >= 15 is 0 Å². The molecule has 1 N–H and O–H groups in total. The van der Waals surface area contributed by atoms with E-state index in [1.54, 1.807) is 4.90 Å². The summed E-state index contributed by atoms with van der Waals surface area (Å²) in [5, 5.41) is 9.16. The van der Waals surface area contributed by atoms with E-state index in [4.69, 9.17) is 5.11 Å². The summed E-state index contributed by atoms with van der Waals surface area (Å²) in [5.41, 5.74) is 0. The Bertz CT molecular complexity index is 338. The van der Waals surface area contributed by atoms with Crippen molar-refractivity contribution in [2.45, 2.75) is 57.5 Å². The van der Waals surface area contributed by atoms with Gasteiger partial charge in [0.1, 0.15) is 6.04 Å². The summed E-state index contributed by atoms with van der Waals surface area (Å²) in [6, 6.07) is -0.792. The molecule has 108 valence electrons. The average Bonchev–Trinajstić information content (AvgIpc) is 2.73. The molecule has 2 saturated heterocycles. The van der Waals surface area contributed by atoms with Crippen molar-refractivity contribution in [3.63, 3.8) is 0 Å². The Morgan fingerprint density at radius 3 is 2.26 bits per heavy atom. The molecule has 5 nitrogen and oxygen atoms in total. The summed E-state index contributed by atoms with van der Waals surface area (Å²) in [7, 11) is 0. The molecule has 0 spiro atoms. The Labute approximate surface area is 114 Å². The molecule has 0 aromatic rings. The summed E-state index contributed by atoms with van der Waals surface area (Å²) < 4.78 is 0.